The molecule has 1 aliphatic heterocycles. The maximum atomic E-state index is 12.7. The van der Waals surface area contributed by atoms with Gasteiger partial charge in [0.25, 0.3) is 5.91 Å². The number of hydrogen-bond acceptors (Lipinski definition) is 5. The number of halogens is 1. The van der Waals surface area contributed by atoms with Crippen LogP contribution in [-0.4, -0.2) is 34.0 Å². The number of carbonyl (C=O) groups excluding carboxylic acids is 2. The van der Waals surface area contributed by atoms with Crippen LogP contribution in [0.25, 0.3) is 10.9 Å². The molecule has 0 radical (unpaired) electrons. The summed E-state index contributed by atoms with van der Waals surface area (Å²) in [5.41, 5.74) is 1.79. The molecule has 1 aliphatic rings. The highest BCUT2D eigenvalue weighted by Gasteiger charge is 2.33. The van der Waals surface area contributed by atoms with E-state index in [0.29, 0.717) is 29.3 Å². The topological polar surface area (TPSA) is 76.0 Å². The molecule has 1 amide bonds. The summed E-state index contributed by atoms with van der Waals surface area (Å²) in [4.78, 5) is 29.3. The molecular weight excluding hydrogens is 396 g/mol. The van der Waals surface area contributed by atoms with Crippen molar-refractivity contribution in [3.05, 3.63) is 63.9 Å². The normalized spacial score (nSPS) is 15.3. The summed E-state index contributed by atoms with van der Waals surface area (Å²) in [6.07, 6.45) is 0.721. The zero-order valence-electron chi connectivity index (χ0n) is 14.8. The van der Waals surface area contributed by atoms with Crippen LogP contribution in [0.3, 0.4) is 0 Å². The van der Waals surface area contributed by atoms with E-state index in [1.54, 1.807) is 0 Å². The van der Waals surface area contributed by atoms with E-state index in [1.165, 1.54) is 4.57 Å². The van der Waals surface area contributed by atoms with E-state index in [2.05, 4.69) is 15.6 Å². The average molecular weight is 413 g/mol. The molecule has 28 heavy (non-hydrogen) atoms. The van der Waals surface area contributed by atoms with Crippen LogP contribution in [0.15, 0.2) is 48.5 Å². The molecule has 142 valence electrons. The van der Waals surface area contributed by atoms with E-state index in [0.717, 1.165) is 10.9 Å². The molecule has 1 atom stereocenters. The number of para-hydroxylation sites is 1. The predicted molar refractivity (Wildman–Crippen MR) is 111 cm³/mol. The van der Waals surface area contributed by atoms with Crippen LogP contribution < -0.4 is 10.6 Å². The smallest absolute Gasteiger partial charge is 0.257 e. The molecule has 8 heteroatoms. The molecule has 2 heterocycles. The number of nitrogens with zero attached hydrogens (tertiary/aromatic N) is 2. The third kappa shape index (κ3) is 3.63. The standard InChI is InChI=1S/C20H17ClN4O2S/c21-13-7-5-12(6-8-13)9-10-22-17(26)11-16-19(27)25-18(23-16)14-3-1-2-4-15(14)24-20(25)28/h1-8,16,23H,9-11H2,(H,22,26). The minimum atomic E-state index is -0.662. The molecule has 1 aromatic heterocycles. The molecule has 1 unspecified atom stereocenters. The second-order valence-corrected chi connectivity index (χ2v) is 7.36. The fourth-order valence-corrected chi connectivity index (χ4v) is 3.67. The SMILES string of the molecule is O=C(CC1Nc2c3ccccc3nc(=S)n2C1=O)NCCc1ccc(Cl)cc1. The van der Waals surface area contributed by atoms with E-state index in [4.69, 9.17) is 23.8 Å². The van der Waals surface area contributed by atoms with Crippen LogP contribution >= 0.6 is 23.8 Å². The minimum Gasteiger partial charge on any atom is -0.358 e. The van der Waals surface area contributed by atoms with Crippen molar-refractivity contribution in [2.75, 3.05) is 11.9 Å². The lowest BCUT2D eigenvalue weighted by atomic mass is 10.1. The van der Waals surface area contributed by atoms with Crippen LogP contribution in [0, 0.1) is 4.77 Å². The van der Waals surface area contributed by atoms with Gasteiger partial charge in [0.1, 0.15) is 11.9 Å². The van der Waals surface area contributed by atoms with E-state index >= 15 is 0 Å². The maximum absolute atomic E-state index is 12.7. The van der Waals surface area contributed by atoms with Gasteiger partial charge in [-0.25, -0.2) is 9.55 Å². The van der Waals surface area contributed by atoms with Gasteiger partial charge in [-0.3, -0.25) is 9.59 Å². The summed E-state index contributed by atoms with van der Waals surface area (Å²) in [5.74, 6) is 0.141. The average Bonchev–Trinajstić information content (AvgIpc) is 3.00. The molecule has 2 aromatic carbocycles. The van der Waals surface area contributed by atoms with Gasteiger partial charge in [0.15, 0.2) is 0 Å². The van der Waals surface area contributed by atoms with Crippen molar-refractivity contribution < 1.29 is 9.59 Å². The highest BCUT2D eigenvalue weighted by Crippen LogP contribution is 2.28. The van der Waals surface area contributed by atoms with Crippen molar-refractivity contribution in [3.8, 4) is 0 Å². The fourth-order valence-electron chi connectivity index (χ4n) is 3.26. The number of nitrogens with one attached hydrogen (secondary N) is 2. The summed E-state index contributed by atoms with van der Waals surface area (Å²) in [6, 6.07) is 14.3. The highest BCUT2D eigenvalue weighted by atomic mass is 35.5. The third-order valence-corrected chi connectivity index (χ3v) is 5.18. The lowest BCUT2D eigenvalue weighted by Crippen LogP contribution is -2.34. The number of carbonyl (C=O) groups is 2. The number of amides is 1. The molecule has 3 aromatic rings. The molecule has 2 N–H and O–H groups in total. The maximum Gasteiger partial charge on any atom is 0.257 e. The van der Waals surface area contributed by atoms with Crippen LogP contribution in [0.5, 0.6) is 0 Å². The van der Waals surface area contributed by atoms with Gasteiger partial charge in [0, 0.05) is 17.0 Å². The zero-order chi connectivity index (χ0) is 19.7. The Morgan fingerprint density at radius 1 is 1.21 bits per heavy atom. The van der Waals surface area contributed by atoms with Crippen molar-refractivity contribution in [2.24, 2.45) is 0 Å². The highest BCUT2D eigenvalue weighted by molar-refractivity contribution is 7.71. The number of anilines is 1. The van der Waals surface area contributed by atoms with Gasteiger partial charge in [-0.05, 0) is 48.5 Å². The molecule has 0 bridgehead atoms. The van der Waals surface area contributed by atoms with Crippen LogP contribution in [0.1, 0.15) is 16.8 Å². The first-order chi connectivity index (χ1) is 13.5. The minimum absolute atomic E-state index is 0.0320. The summed E-state index contributed by atoms with van der Waals surface area (Å²) in [7, 11) is 0. The molecule has 4 rings (SSSR count). The third-order valence-electron chi connectivity index (χ3n) is 4.66. The molecule has 0 saturated carbocycles. The molecule has 0 aliphatic carbocycles. The quantitative estimate of drug-likeness (QED) is 0.626. The van der Waals surface area contributed by atoms with Crippen LogP contribution in [0.4, 0.5) is 5.82 Å². The second-order valence-electron chi connectivity index (χ2n) is 6.56. The summed E-state index contributed by atoms with van der Waals surface area (Å²) in [5, 5.41) is 7.48. The van der Waals surface area contributed by atoms with Crippen molar-refractivity contribution in [1.82, 2.24) is 14.9 Å². The number of fused-ring (bicyclic) bond motifs is 3. The lowest BCUT2D eigenvalue weighted by Gasteiger charge is -2.10. The van der Waals surface area contributed by atoms with Crippen molar-refractivity contribution in [3.63, 3.8) is 0 Å². The first-order valence-corrected chi connectivity index (χ1v) is 9.65. The lowest BCUT2D eigenvalue weighted by molar-refractivity contribution is -0.121. The Balaban J connectivity index is 1.41. The molecular formula is C20H17ClN4O2S. The van der Waals surface area contributed by atoms with Gasteiger partial charge in [0.05, 0.1) is 11.9 Å². The summed E-state index contributed by atoms with van der Waals surface area (Å²) in [6.45, 7) is 0.484. The zero-order valence-corrected chi connectivity index (χ0v) is 16.4. The largest absolute Gasteiger partial charge is 0.358 e. The Morgan fingerprint density at radius 2 is 1.96 bits per heavy atom. The number of aromatic nitrogens is 2. The molecule has 0 spiro atoms. The van der Waals surface area contributed by atoms with Gasteiger partial charge >= 0.3 is 0 Å². The van der Waals surface area contributed by atoms with Gasteiger partial charge in [-0.2, -0.15) is 0 Å². The van der Waals surface area contributed by atoms with Gasteiger partial charge in [0.2, 0.25) is 10.7 Å². The summed E-state index contributed by atoms with van der Waals surface area (Å²) < 4.78 is 1.57. The Labute approximate surface area is 171 Å². The first-order valence-electron chi connectivity index (χ1n) is 8.86. The van der Waals surface area contributed by atoms with E-state index in [-0.39, 0.29) is 23.0 Å². The molecule has 0 saturated heterocycles. The van der Waals surface area contributed by atoms with E-state index in [9.17, 15) is 9.59 Å². The van der Waals surface area contributed by atoms with E-state index in [1.807, 2.05) is 48.5 Å². The summed E-state index contributed by atoms with van der Waals surface area (Å²) >= 11 is 11.1. The van der Waals surface area contributed by atoms with Crippen LogP contribution in [0.2, 0.25) is 5.02 Å². The molecule has 0 fully saturated rings. The van der Waals surface area contributed by atoms with E-state index < -0.39 is 6.04 Å². The van der Waals surface area contributed by atoms with Crippen molar-refractivity contribution in [1.29, 1.82) is 0 Å². The monoisotopic (exact) mass is 412 g/mol. The van der Waals surface area contributed by atoms with Crippen molar-refractivity contribution in [2.45, 2.75) is 18.9 Å². The number of benzene rings is 2. The van der Waals surface area contributed by atoms with Gasteiger partial charge in [-0.15, -0.1) is 0 Å². The Bertz CT molecular complexity index is 1130. The van der Waals surface area contributed by atoms with Gasteiger partial charge in [-0.1, -0.05) is 35.9 Å². The predicted octanol–water partition coefficient (Wildman–Crippen LogP) is 3.60. The number of hydrogen-bond donors (Lipinski definition) is 2. The van der Waals surface area contributed by atoms with Crippen LogP contribution in [-0.2, 0) is 11.2 Å². The van der Waals surface area contributed by atoms with Crippen molar-refractivity contribution >= 4 is 52.4 Å². The van der Waals surface area contributed by atoms with Gasteiger partial charge < -0.3 is 10.6 Å². The Morgan fingerprint density at radius 3 is 2.75 bits per heavy atom. The number of rotatable bonds is 5. The second kappa shape index (κ2) is 7.69. The molecule has 6 nitrogen and oxygen atoms in total. The Hall–Kier alpha value is -2.77. The fraction of sp³-hybridized carbons (Fsp3) is 0.200. The Kier molecular flexibility index (Phi) is 5.11. The first kappa shape index (κ1) is 18.6.